The van der Waals surface area contributed by atoms with Crippen molar-refractivity contribution in [2.75, 3.05) is 0 Å². The molecule has 0 fully saturated rings. The lowest BCUT2D eigenvalue weighted by atomic mass is 10.1. The molecule has 1 atom stereocenters. The zero-order valence-electron chi connectivity index (χ0n) is 11.1. The van der Waals surface area contributed by atoms with Crippen LogP contribution in [-0.2, 0) is 6.42 Å². The van der Waals surface area contributed by atoms with Gasteiger partial charge in [-0.05, 0) is 18.6 Å². The number of fused-ring (bicyclic) bond motifs is 1. The minimum Gasteiger partial charge on any atom is -0.327 e. The number of thiazole rings is 1. The van der Waals surface area contributed by atoms with Crippen LogP contribution >= 0.6 is 11.3 Å². The molecule has 2 aromatic rings. The van der Waals surface area contributed by atoms with Gasteiger partial charge in [0.1, 0.15) is 0 Å². The number of nitrogens with two attached hydrogens (primary N) is 1. The van der Waals surface area contributed by atoms with E-state index in [1.807, 2.05) is 6.07 Å². The topological polar surface area (TPSA) is 38.9 Å². The van der Waals surface area contributed by atoms with E-state index in [1.54, 1.807) is 11.3 Å². The fourth-order valence-electron chi connectivity index (χ4n) is 2.17. The molecular formula is C15H22N2S. The van der Waals surface area contributed by atoms with Crippen LogP contribution in [0.3, 0.4) is 0 Å². The first kappa shape index (κ1) is 13.5. The second kappa shape index (κ2) is 6.86. The second-order valence-electron chi connectivity index (χ2n) is 4.89. The van der Waals surface area contributed by atoms with E-state index >= 15 is 0 Å². The molecule has 0 bridgehead atoms. The molecule has 18 heavy (non-hydrogen) atoms. The zero-order valence-corrected chi connectivity index (χ0v) is 11.9. The van der Waals surface area contributed by atoms with Crippen molar-refractivity contribution in [1.82, 2.24) is 4.98 Å². The van der Waals surface area contributed by atoms with Crippen LogP contribution in [0.5, 0.6) is 0 Å². The highest BCUT2D eigenvalue weighted by atomic mass is 32.1. The van der Waals surface area contributed by atoms with E-state index in [9.17, 15) is 0 Å². The average molecular weight is 262 g/mol. The third-order valence-corrected chi connectivity index (χ3v) is 4.26. The van der Waals surface area contributed by atoms with Gasteiger partial charge in [-0.15, -0.1) is 11.3 Å². The fraction of sp³-hybridized carbons (Fsp3) is 0.533. The number of nitrogens with zero attached hydrogens (tertiary/aromatic N) is 1. The Morgan fingerprint density at radius 1 is 1.22 bits per heavy atom. The van der Waals surface area contributed by atoms with Crippen LogP contribution in [0.4, 0.5) is 0 Å². The van der Waals surface area contributed by atoms with Gasteiger partial charge in [-0.2, -0.15) is 0 Å². The van der Waals surface area contributed by atoms with Crippen LogP contribution in [0.1, 0.15) is 44.0 Å². The van der Waals surface area contributed by atoms with E-state index in [2.05, 4.69) is 30.1 Å². The number of unbranched alkanes of at least 4 members (excludes halogenated alkanes) is 3. The molecule has 0 radical (unpaired) electrons. The number of aromatic nitrogens is 1. The molecular weight excluding hydrogens is 240 g/mol. The van der Waals surface area contributed by atoms with Crippen LogP contribution in [-0.4, -0.2) is 11.0 Å². The highest BCUT2D eigenvalue weighted by Crippen LogP contribution is 2.22. The number of rotatable bonds is 7. The summed E-state index contributed by atoms with van der Waals surface area (Å²) in [4.78, 5) is 4.64. The zero-order chi connectivity index (χ0) is 12.8. The average Bonchev–Trinajstić information content (AvgIpc) is 2.76. The molecule has 0 amide bonds. The van der Waals surface area contributed by atoms with E-state index in [0.29, 0.717) is 0 Å². The smallest absolute Gasteiger partial charge is 0.0954 e. The van der Waals surface area contributed by atoms with E-state index in [4.69, 9.17) is 5.73 Å². The summed E-state index contributed by atoms with van der Waals surface area (Å²) in [6.45, 7) is 2.24. The fourth-order valence-corrected chi connectivity index (χ4v) is 3.23. The molecule has 0 saturated carbocycles. The second-order valence-corrected chi connectivity index (χ2v) is 6.00. The Balaban J connectivity index is 1.84. The van der Waals surface area contributed by atoms with Crippen LogP contribution in [0, 0.1) is 0 Å². The van der Waals surface area contributed by atoms with Gasteiger partial charge in [0.2, 0.25) is 0 Å². The molecule has 2 rings (SSSR count). The van der Waals surface area contributed by atoms with Gasteiger partial charge in [0.25, 0.3) is 0 Å². The number of hydrogen-bond donors (Lipinski definition) is 1. The molecule has 0 aliphatic heterocycles. The Bertz CT molecular complexity index is 445. The summed E-state index contributed by atoms with van der Waals surface area (Å²) in [6, 6.07) is 8.57. The van der Waals surface area contributed by atoms with Crippen molar-refractivity contribution in [1.29, 1.82) is 0 Å². The van der Waals surface area contributed by atoms with Gasteiger partial charge in [-0.3, -0.25) is 0 Å². The number of benzene rings is 1. The lowest BCUT2D eigenvalue weighted by Gasteiger charge is -2.08. The summed E-state index contributed by atoms with van der Waals surface area (Å²) < 4.78 is 1.27. The van der Waals surface area contributed by atoms with Crippen molar-refractivity contribution in [3.63, 3.8) is 0 Å². The SMILES string of the molecule is CCCCCCC(N)Cc1nc2ccccc2s1. The molecule has 1 unspecified atom stereocenters. The maximum absolute atomic E-state index is 6.18. The molecule has 3 heteroatoms. The van der Waals surface area contributed by atoms with E-state index < -0.39 is 0 Å². The van der Waals surface area contributed by atoms with E-state index in [-0.39, 0.29) is 6.04 Å². The largest absolute Gasteiger partial charge is 0.327 e. The van der Waals surface area contributed by atoms with Crippen molar-refractivity contribution in [2.24, 2.45) is 5.73 Å². The molecule has 2 nitrogen and oxygen atoms in total. The first-order chi connectivity index (χ1) is 8.79. The molecule has 0 saturated heterocycles. The first-order valence-electron chi connectivity index (χ1n) is 6.89. The Morgan fingerprint density at radius 2 is 2.06 bits per heavy atom. The normalized spacial score (nSPS) is 13.0. The van der Waals surface area contributed by atoms with Crippen molar-refractivity contribution in [3.05, 3.63) is 29.3 Å². The third-order valence-electron chi connectivity index (χ3n) is 3.20. The summed E-state index contributed by atoms with van der Waals surface area (Å²) in [6.07, 6.45) is 7.21. The van der Waals surface area contributed by atoms with Gasteiger partial charge in [-0.1, -0.05) is 44.7 Å². The molecule has 0 aliphatic rings. The number of hydrogen-bond acceptors (Lipinski definition) is 3. The Morgan fingerprint density at radius 3 is 2.83 bits per heavy atom. The molecule has 1 aromatic carbocycles. The summed E-state index contributed by atoms with van der Waals surface area (Å²) in [7, 11) is 0. The maximum Gasteiger partial charge on any atom is 0.0954 e. The lowest BCUT2D eigenvalue weighted by Crippen LogP contribution is -2.22. The maximum atomic E-state index is 6.18. The Kier molecular flexibility index (Phi) is 5.14. The summed E-state index contributed by atoms with van der Waals surface area (Å²) in [5, 5.41) is 1.18. The van der Waals surface area contributed by atoms with Crippen molar-refractivity contribution in [3.8, 4) is 0 Å². The standard InChI is InChI=1S/C15H22N2S/c1-2-3-4-5-8-12(16)11-15-17-13-9-6-7-10-14(13)18-15/h6-7,9-10,12H,2-5,8,11,16H2,1H3. The highest BCUT2D eigenvalue weighted by Gasteiger charge is 2.08. The third kappa shape index (κ3) is 3.79. The highest BCUT2D eigenvalue weighted by molar-refractivity contribution is 7.18. The van der Waals surface area contributed by atoms with Crippen molar-refractivity contribution in [2.45, 2.75) is 51.5 Å². The minimum absolute atomic E-state index is 0.266. The molecule has 1 aromatic heterocycles. The van der Waals surface area contributed by atoms with Gasteiger partial charge in [0, 0.05) is 12.5 Å². The van der Waals surface area contributed by atoms with Gasteiger partial charge in [-0.25, -0.2) is 4.98 Å². The lowest BCUT2D eigenvalue weighted by molar-refractivity contribution is 0.545. The van der Waals surface area contributed by atoms with Crippen molar-refractivity contribution >= 4 is 21.6 Å². The van der Waals surface area contributed by atoms with Gasteiger partial charge in [0.05, 0.1) is 15.2 Å². The van der Waals surface area contributed by atoms with Gasteiger partial charge < -0.3 is 5.73 Å². The van der Waals surface area contributed by atoms with Crippen LogP contribution in [0.25, 0.3) is 10.2 Å². The van der Waals surface area contributed by atoms with E-state index in [0.717, 1.165) is 18.4 Å². The number of para-hydroxylation sites is 1. The minimum atomic E-state index is 0.266. The molecule has 98 valence electrons. The summed E-state index contributed by atoms with van der Waals surface area (Å²) in [5.41, 5.74) is 7.28. The molecule has 0 aliphatic carbocycles. The molecule has 2 N–H and O–H groups in total. The molecule has 1 heterocycles. The van der Waals surface area contributed by atoms with E-state index in [1.165, 1.54) is 35.4 Å². The molecule has 0 spiro atoms. The van der Waals surface area contributed by atoms with Gasteiger partial charge in [0.15, 0.2) is 0 Å². The summed E-state index contributed by atoms with van der Waals surface area (Å²) in [5.74, 6) is 0. The van der Waals surface area contributed by atoms with Crippen molar-refractivity contribution < 1.29 is 0 Å². The monoisotopic (exact) mass is 262 g/mol. The predicted molar refractivity (Wildman–Crippen MR) is 80.1 cm³/mol. The quantitative estimate of drug-likeness (QED) is 0.762. The Labute approximate surface area is 113 Å². The van der Waals surface area contributed by atoms with Crippen LogP contribution in [0.2, 0.25) is 0 Å². The Hall–Kier alpha value is -0.930. The van der Waals surface area contributed by atoms with Crippen LogP contribution < -0.4 is 5.73 Å². The predicted octanol–water partition coefficient (Wildman–Crippen LogP) is 4.14. The van der Waals surface area contributed by atoms with Crippen LogP contribution in [0.15, 0.2) is 24.3 Å². The summed E-state index contributed by atoms with van der Waals surface area (Å²) >= 11 is 1.78. The van der Waals surface area contributed by atoms with Gasteiger partial charge >= 0.3 is 0 Å². The first-order valence-corrected chi connectivity index (χ1v) is 7.71.